The molecule has 0 radical (unpaired) electrons. The molecule has 0 heterocycles. The highest BCUT2D eigenvalue weighted by atomic mass is 16.5. The van der Waals surface area contributed by atoms with Gasteiger partial charge in [-0.1, -0.05) is 0 Å². The molecule has 0 fully saturated rings. The van der Waals surface area contributed by atoms with Gasteiger partial charge < -0.3 is 14.9 Å². The number of carbonyl (C=O) groups is 2. The summed E-state index contributed by atoms with van der Waals surface area (Å²) < 4.78 is 4.43. The van der Waals surface area contributed by atoms with Crippen LogP contribution in [0.15, 0.2) is 11.6 Å². The Labute approximate surface area is 69.3 Å². The van der Waals surface area contributed by atoms with Gasteiger partial charge in [0.15, 0.2) is 0 Å². The first-order valence-electron chi connectivity index (χ1n) is 3.27. The Kier molecular flexibility index (Phi) is 4.71. The molecule has 0 saturated heterocycles. The number of hydrogen-bond donors (Lipinski definition) is 2. The van der Waals surface area contributed by atoms with E-state index < -0.39 is 11.9 Å². The van der Waals surface area contributed by atoms with E-state index in [9.17, 15) is 9.59 Å². The van der Waals surface area contributed by atoms with Crippen LogP contribution in [0.4, 0.5) is 0 Å². The molecular weight excluding hydrogens is 164 g/mol. The van der Waals surface area contributed by atoms with Crippen LogP contribution in [0.25, 0.3) is 0 Å². The van der Waals surface area contributed by atoms with Crippen LogP contribution in [0.1, 0.15) is 6.92 Å². The maximum Gasteiger partial charge on any atom is 0.334 e. The second-order valence-electron chi connectivity index (χ2n) is 2.03. The van der Waals surface area contributed by atoms with E-state index in [0.29, 0.717) is 0 Å². The van der Waals surface area contributed by atoms with Crippen LogP contribution in [0.2, 0.25) is 0 Å². The Hall–Kier alpha value is -1.36. The molecule has 0 amide bonds. The Morgan fingerprint density at radius 3 is 2.50 bits per heavy atom. The van der Waals surface area contributed by atoms with Gasteiger partial charge in [0, 0.05) is 11.6 Å². The monoisotopic (exact) mass is 174 g/mol. The molecular formula is C7H10O5. The lowest BCUT2D eigenvalue weighted by molar-refractivity contribution is -0.140. The van der Waals surface area contributed by atoms with Crippen molar-refractivity contribution in [2.45, 2.75) is 6.92 Å². The quantitative estimate of drug-likeness (QED) is 0.445. The van der Waals surface area contributed by atoms with Crippen LogP contribution in [0.3, 0.4) is 0 Å². The number of carboxylic acid groups (broad SMARTS) is 1. The van der Waals surface area contributed by atoms with Crippen molar-refractivity contribution in [1.29, 1.82) is 0 Å². The van der Waals surface area contributed by atoms with Gasteiger partial charge in [0.2, 0.25) is 0 Å². The molecule has 68 valence electrons. The molecule has 0 aromatic heterocycles. The number of carbonyl (C=O) groups excluding carboxylic acids is 1. The van der Waals surface area contributed by atoms with Crippen LogP contribution < -0.4 is 0 Å². The molecule has 0 aromatic carbocycles. The summed E-state index contributed by atoms with van der Waals surface area (Å²) in [4.78, 5) is 20.8. The molecule has 0 bridgehead atoms. The second-order valence-corrected chi connectivity index (χ2v) is 2.03. The summed E-state index contributed by atoms with van der Waals surface area (Å²) >= 11 is 0. The van der Waals surface area contributed by atoms with Crippen molar-refractivity contribution in [3.05, 3.63) is 11.6 Å². The van der Waals surface area contributed by atoms with E-state index in [1.165, 1.54) is 6.92 Å². The average Bonchev–Trinajstić information content (AvgIpc) is 1.98. The van der Waals surface area contributed by atoms with Crippen LogP contribution >= 0.6 is 0 Å². The predicted molar refractivity (Wildman–Crippen MR) is 39.4 cm³/mol. The van der Waals surface area contributed by atoms with Gasteiger partial charge in [0.05, 0.1) is 6.61 Å². The summed E-state index contributed by atoms with van der Waals surface area (Å²) in [6.07, 6.45) is 0.750. The SMILES string of the molecule is CC(=CC(=O)O)C(=O)OCCO. The van der Waals surface area contributed by atoms with Crippen LogP contribution in [0, 0.1) is 0 Å². The molecule has 0 aromatic rings. The van der Waals surface area contributed by atoms with Gasteiger partial charge in [0.25, 0.3) is 0 Å². The van der Waals surface area contributed by atoms with E-state index >= 15 is 0 Å². The van der Waals surface area contributed by atoms with Gasteiger partial charge in [0.1, 0.15) is 6.61 Å². The third-order valence-electron chi connectivity index (χ3n) is 0.986. The number of carboxylic acids is 1. The molecule has 5 heteroatoms. The van der Waals surface area contributed by atoms with E-state index in [0.717, 1.165) is 6.08 Å². The fourth-order valence-corrected chi connectivity index (χ4v) is 0.496. The van der Waals surface area contributed by atoms with E-state index in [4.69, 9.17) is 10.2 Å². The Bertz CT molecular complexity index is 206. The molecule has 2 N–H and O–H groups in total. The van der Waals surface area contributed by atoms with Crippen molar-refractivity contribution in [2.75, 3.05) is 13.2 Å². The molecule has 0 rings (SSSR count). The first-order chi connectivity index (χ1) is 5.57. The van der Waals surface area contributed by atoms with Crippen molar-refractivity contribution in [3.63, 3.8) is 0 Å². The molecule has 0 unspecified atom stereocenters. The smallest absolute Gasteiger partial charge is 0.334 e. The fourth-order valence-electron chi connectivity index (χ4n) is 0.496. The second kappa shape index (κ2) is 5.31. The Morgan fingerprint density at radius 1 is 1.50 bits per heavy atom. The van der Waals surface area contributed by atoms with E-state index in [1.807, 2.05) is 0 Å². The van der Waals surface area contributed by atoms with Crippen molar-refractivity contribution in [3.8, 4) is 0 Å². The minimum atomic E-state index is -1.20. The number of aliphatic hydroxyl groups is 1. The summed E-state index contributed by atoms with van der Waals surface area (Å²) in [5, 5.41) is 16.5. The predicted octanol–water partition coefficient (Wildman–Crippen LogP) is -0.447. The topological polar surface area (TPSA) is 83.8 Å². The first kappa shape index (κ1) is 10.6. The molecule has 5 nitrogen and oxygen atoms in total. The Morgan fingerprint density at radius 2 is 2.08 bits per heavy atom. The summed E-state index contributed by atoms with van der Waals surface area (Å²) in [6.45, 7) is 0.934. The summed E-state index contributed by atoms with van der Waals surface area (Å²) in [7, 11) is 0. The largest absolute Gasteiger partial charge is 0.478 e. The zero-order valence-corrected chi connectivity index (χ0v) is 6.61. The molecule has 0 saturated carbocycles. The number of aliphatic hydroxyl groups excluding tert-OH is 1. The van der Waals surface area contributed by atoms with E-state index in [2.05, 4.69) is 4.74 Å². The zero-order valence-electron chi connectivity index (χ0n) is 6.61. The number of esters is 1. The van der Waals surface area contributed by atoms with Gasteiger partial charge >= 0.3 is 11.9 Å². The normalized spacial score (nSPS) is 11.0. The maximum absolute atomic E-state index is 10.8. The van der Waals surface area contributed by atoms with Gasteiger partial charge in [-0.15, -0.1) is 0 Å². The summed E-state index contributed by atoms with van der Waals surface area (Å²) in [6, 6.07) is 0. The third kappa shape index (κ3) is 4.45. The van der Waals surface area contributed by atoms with Crippen molar-refractivity contribution >= 4 is 11.9 Å². The van der Waals surface area contributed by atoms with Crippen LogP contribution in [0.5, 0.6) is 0 Å². The number of aliphatic carboxylic acids is 1. The Balaban J connectivity index is 4.01. The highest BCUT2D eigenvalue weighted by Crippen LogP contribution is 1.95. The fraction of sp³-hybridized carbons (Fsp3) is 0.429. The van der Waals surface area contributed by atoms with E-state index in [1.54, 1.807) is 0 Å². The van der Waals surface area contributed by atoms with Crippen LogP contribution in [-0.4, -0.2) is 35.4 Å². The molecule has 0 aliphatic heterocycles. The first-order valence-corrected chi connectivity index (χ1v) is 3.27. The number of rotatable bonds is 4. The van der Waals surface area contributed by atoms with Crippen molar-refractivity contribution in [2.24, 2.45) is 0 Å². The van der Waals surface area contributed by atoms with Gasteiger partial charge in [-0.3, -0.25) is 0 Å². The van der Waals surface area contributed by atoms with Gasteiger partial charge in [-0.2, -0.15) is 0 Å². The minimum absolute atomic E-state index is 0.00375. The van der Waals surface area contributed by atoms with Gasteiger partial charge in [-0.25, -0.2) is 9.59 Å². The number of hydrogen-bond acceptors (Lipinski definition) is 4. The van der Waals surface area contributed by atoms with Crippen LogP contribution in [-0.2, 0) is 14.3 Å². The lowest BCUT2D eigenvalue weighted by Crippen LogP contribution is -2.10. The molecule has 0 spiro atoms. The average molecular weight is 174 g/mol. The third-order valence-corrected chi connectivity index (χ3v) is 0.986. The highest BCUT2D eigenvalue weighted by Gasteiger charge is 2.06. The molecule has 0 aliphatic carbocycles. The minimum Gasteiger partial charge on any atom is -0.478 e. The standard InChI is InChI=1S/C7H10O5/c1-5(4-6(9)10)7(11)12-3-2-8/h4,8H,2-3H2,1H3,(H,9,10). The molecule has 0 atom stereocenters. The maximum atomic E-state index is 10.8. The lowest BCUT2D eigenvalue weighted by atomic mass is 10.3. The molecule has 12 heavy (non-hydrogen) atoms. The van der Waals surface area contributed by atoms with Crippen molar-refractivity contribution < 1.29 is 24.5 Å². The lowest BCUT2D eigenvalue weighted by Gasteiger charge is -2.00. The van der Waals surface area contributed by atoms with E-state index in [-0.39, 0.29) is 18.8 Å². The van der Waals surface area contributed by atoms with Crippen molar-refractivity contribution in [1.82, 2.24) is 0 Å². The summed E-state index contributed by atoms with van der Waals surface area (Å²) in [5.74, 6) is -1.93. The molecule has 0 aliphatic rings. The van der Waals surface area contributed by atoms with Gasteiger partial charge in [-0.05, 0) is 6.92 Å². The highest BCUT2D eigenvalue weighted by molar-refractivity contribution is 5.95. The zero-order chi connectivity index (χ0) is 9.56. The number of ether oxygens (including phenoxy) is 1. The summed E-state index contributed by atoms with van der Waals surface area (Å²) in [5.41, 5.74) is -0.00375.